The molecule has 1 fully saturated rings. The van der Waals surface area contributed by atoms with E-state index in [1.54, 1.807) is 0 Å². The molecule has 3 unspecified atom stereocenters. The normalized spacial score (nSPS) is 25.4. The van der Waals surface area contributed by atoms with Crippen molar-refractivity contribution >= 4 is 40.9 Å². The molecule has 108 valence electrons. The first-order chi connectivity index (χ1) is 9.40. The molecule has 0 saturated heterocycles. The average Bonchev–Trinajstić information content (AvgIpc) is 2.77. The van der Waals surface area contributed by atoms with Gasteiger partial charge in [0.25, 0.3) is 0 Å². The van der Waals surface area contributed by atoms with Crippen LogP contribution in [0.5, 0.6) is 0 Å². The Kier molecular flexibility index (Phi) is 4.45. The van der Waals surface area contributed by atoms with Crippen LogP contribution in [0.25, 0.3) is 0 Å². The van der Waals surface area contributed by atoms with Crippen LogP contribution in [-0.4, -0.2) is 27.0 Å². The molecule has 0 aliphatic heterocycles. The zero-order valence-corrected chi connectivity index (χ0v) is 12.1. The van der Waals surface area contributed by atoms with E-state index in [9.17, 15) is 9.59 Å². The van der Waals surface area contributed by atoms with Crippen LogP contribution in [-0.2, 0) is 9.59 Å². The minimum atomic E-state index is -0.957. The van der Waals surface area contributed by atoms with Crippen LogP contribution >= 0.6 is 23.2 Å². The molecule has 20 heavy (non-hydrogen) atoms. The van der Waals surface area contributed by atoms with Crippen molar-refractivity contribution in [1.82, 2.24) is 9.97 Å². The molecule has 1 aromatic rings. The van der Waals surface area contributed by atoms with Gasteiger partial charge in [-0.2, -0.15) is 0 Å². The Morgan fingerprint density at radius 3 is 2.60 bits per heavy atom. The molecule has 1 amide bonds. The quantitative estimate of drug-likeness (QED) is 0.835. The van der Waals surface area contributed by atoms with E-state index in [2.05, 4.69) is 15.3 Å². The van der Waals surface area contributed by atoms with Gasteiger partial charge in [0.15, 0.2) is 11.0 Å². The third-order valence-electron chi connectivity index (χ3n) is 3.44. The van der Waals surface area contributed by atoms with Gasteiger partial charge in [-0.05, 0) is 18.8 Å². The number of carbonyl (C=O) groups is 2. The molecule has 6 nitrogen and oxygen atoms in total. The van der Waals surface area contributed by atoms with Crippen LogP contribution in [0.2, 0.25) is 10.2 Å². The average molecular weight is 318 g/mol. The van der Waals surface area contributed by atoms with Gasteiger partial charge in [0.1, 0.15) is 11.3 Å². The van der Waals surface area contributed by atoms with Gasteiger partial charge in [0, 0.05) is 0 Å². The number of carboxylic acid groups (broad SMARTS) is 1. The first-order valence-corrected chi connectivity index (χ1v) is 6.85. The number of aliphatic carboxylic acids is 1. The number of carboxylic acids is 1. The minimum absolute atomic E-state index is 0.0338. The van der Waals surface area contributed by atoms with Crippen molar-refractivity contribution in [1.29, 1.82) is 0 Å². The summed E-state index contributed by atoms with van der Waals surface area (Å²) in [5.41, 5.74) is 0. The predicted molar refractivity (Wildman–Crippen MR) is 73.7 cm³/mol. The second kappa shape index (κ2) is 5.93. The molecule has 0 radical (unpaired) electrons. The third kappa shape index (κ3) is 3.02. The molecule has 1 saturated carbocycles. The van der Waals surface area contributed by atoms with Crippen molar-refractivity contribution in [3.63, 3.8) is 0 Å². The topological polar surface area (TPSA) is 92.2 Å². The van der Waals surface area contributed by atoms with E-state index in [0.29, 0.717) is 12.8 Å². The van der Waals surface area contributed by atoms with Gasteiger partial charge in [0.05, 0.1) is 11.8 Å². The van der Waals surface area contributed by atoms with Gasteiger partial charge in [0.2, 0.25) is 5.91 Å². The number of halogens is 2. The second-order valence-corrected chi connectivity index (χ2v) is 5.68. The Balaban J connectivity index is 2.15. The van der Waals surface area contributed by atoms with Crippen LogP contribution < -0.4 is 5.32 Å². The molecule has 0 aromatic carbocycles. The summed E-state index contributed by atoms with van der Waals surface area (Å²) in [6.07, 6.45) is 2.20. The zero-order chi connectivity index (χ0) is 14.9. The van der Waals surface area contributed by atoms with Gasteiger partial charge in [-0.15, -0.1) is 0 Å². The van der Waals surface area contributed by atoms with Crippen molar-refractivity contribution in [2.75, 3.05) is 5.32 Å². The third-order valence-corrected chi connectivity index (χ3v) is 4.18. The molecular weight excluding hydrogens is 305 g/mol. The summed E-state index contributed by atoms with van der Waals surface area (Å²) >= 11 is 11.6. The van der Waals surface area contributed by atoms with E-state index in [0.717, 1.165) is 0 Å². The van der Waals surface area contributed by atoms with Gasteiger partial charge in [-0.3, -0.25) is 9.59 Å². The fraction of sp³-hybridized carbons (Fsp3) is 0.500. The van der Waals surface area contributed by atoms with Crippen molar-refractivity contribution < 1.29 is 14.7 Å². The van der Waals surface area contributed by atoms with Crippen LogP contribution in [0, 0.1) is 17.8 Å². The lowest BCUT2D eigenvalue weighted by atomic mass is 9.95. The molecule has 0 spiro atoms. The van der Waals surface area contributed by atoms with Crippen molar-refractivity contribution in [2.24, 2.45) is 17.8 Å². The van der Waals surface area contributed by atoms with Crippen LogP contribution in [0.3, 0.4) is 0 Å². The highest BCUT2D eigenvalue weighted by atomic mass is 35.5. The smallest absolute Gasteiger partial charge is 0.307 e. The minimum Gasteiger partial charge on any atom is -0.481 e. The highest BCUT2D eigenvalue weighted by molar-refractivity contribution is 6.42. The summed E-state index contributed by atoms with van der Waals surface area (Å²) in [4.78, 5) is 30.9. The van der Waals surface area contributed by atoms with Crippen molar-refractivity contribution in [2.45, 2.75) is 19.8 Å². The summed E-state index contributed by atoms with van der Waals surface area (Å²) in [5, 5.41) is 11.8. The summed E-state index contributed by atoms with van der Waals surface area (Å²) in [5.74, 6) is -2.34. The van der Waals surface area contributed by atoms with E-state index in [1.165, 1.54) is 6.33 Å². The lowest BCUT2D eigenvalue weighted by Gasteiger charge is -2.15. The number of rotatable bonds is 3. The fourth-order valence-corrected chi connectivity index (χ4v) is 2.78. The van der Waals surface area contributed by atoms with E-state index >= 15 is 0 Å². The van der Waals surface area contributed by atoms with Crippen molar-refractivity contribution in [3.8, 4) is 0 Å². The first-order valence-electron chi connectivity index (χ1n) is 6.09. The molecule has 3 atom stereocenters. The molecule has 8 heteroatoms. The lowest BCUT2D eigenvalue weighted by Crippen LogP contribution is -2.30. The highest BCUT2D eigenvalue weighted by Crippen LogP contribution is 2.37. The van der Waals surface area contributed by atoms with Gasteiger partial charge in [-0.1, -0.05) is 30.1 Å². The second-order valence-electron chi connectivity index (χ2n) is 4.94. The number of nitrogens with one attached hydrogen (secondary N) is 1. The van der Waals surface area contributed by atoms with E-state index in [4.69, 9.17) is 28.3 Å². The monoisotopic (exact) mass is 317 g/mol. The number of nitrogens with zero attached hydrogens (tertiary/aromatic N) is 2. The summed E-state index contributed by atoms with van der Waals surface area (Å²) in [6, 6.07) is 0. The zero-order valence-electron chi connectivity index (χ0n) is 10.6. The lowest BCUT2D eigenvalue weighted by molar-refractivity contribution is -0.145. The summed E-state index contributed by atoms with van der Waals surface area (Å²) in [6.45, 7) is 1.93. The maximum absolute atomic E-state index is 12.2. The highest BCUT2D eigenvalue weighted by Gasteiger charge is 2.41. The molecule has 1 aromatic heterocycles. The van der Waals surface area contributed by atoms with E-state index in [-0.39, 0.29) is 21.9 Å². The largest absolute Gasteiger partial charge is 0.481 e. The molecule has 2 rings (SSSR count). The Hall–Kier alpha value is -1.40. The number of hydrogen-bond donors (Lipinski definition) is 2. The summed E-state index contributed by atoms with van der Waals surface area (Å²) in [7, 11) is 0. The van der Waals surface area contributed by atoms with Crippen LogP contribution in [0.1, 0.15) is 19.8 Å². The fourth-order valence-electron chi connectivity index (χ4n) is 2.50. The van der Waals surface area contributed by atoms with Gasteiger partial charge >= 0.3 is 5.97 Å². The molecule has 1 aliphatic carbocycles. The SMILES string of the molecule is CC1CC(C(=O)O)C(C(=O)Nc2ncnc(Cl)c2Cl)C1. The van der Waals surface area contributed by atoms with Crippen LogP contribution in [0.15, 0.2) is 6.33 Å². The van der Waals surface area contributed by atoms with E-state index in [1.807, 2.05) is 6.92 Å². The van der Waals surface area contributed by atoms with E-state index < -0.39 is 23.7 Å². The molecule has 2 N–H and O–H groups in total. The molecule has 1 heterocycles. The Morgan fingerprint density at radius 1 is 1.30 bits per heavy atom. The number of aromatic nitrogens is 2. The van der Waals surface area contributed by atoms with Crippen LogP contribution in [0.4, 0.5) is 5.82 Å². The number of anilines is 1. The molecular formula is C12H13Cl2N3O3. The van der Waals surface area contributed by atoms with Gasteiger partial charge in [-0.25, -0.2) is 9.97 Å². The van der Waals surface area contributed by atoms with Gasteiger partial charge < -0.3 is 10.4 Å². The molecule has 1 aliphatic rings. The first kappa shape index (κ1) is 15.0. The number of hydrogen-bond acceptors (Lipinski definition) is 4. The Bertz CT molecular complexity index is 553. The summed E-state index contributed by atoms with van der Waals surface area (Å²) < 4.78 is 0. The Morgan fingerprint density at radius 2 is 1.95 bits per heavy atom. The standard InChI is InChI=1S/C12H13Cl2N3O3/c1-5-2-6(7(3-5)12(19)20)11(18)17-10-8(13)9(14)15-4-16-10/h4-7H,2-3H2,1H3,(H,19,20)(H,15,16,17,18). The van der Waals surface area contributed by atoms with Crippen molar-refractivity contribution in [3.05, 3.63) is 16.5 Å². The number of amides is 1. The number of carbonyl (C=O) groups excluding carboxylic acids is 1. The maximum Gasteiger partial charge on any atom is 0.307 e. The maximum atomic E-state index is 12.2. The molecule has 0 bridgehead atoms. The Labute approximate surface area is 125 Å². The predicted octanol–water partition coefficient (Wildman–Crippen LogP) is 2.47.